The molecule has 8 aliphatic rings. The molecule has 0 saturated heterocycles. The molecule has 6 aromatic rings. The Hall–Kier alpha value is -1.83. The number of hydrogen-bond donors (Lipinski definition) is 2. The molecule has 0 heterocycles. The number of rotatable bonds is 8. The molecule has 0 radical (unpaired) electrons. The van der Waals surface area contributed by atoms with E-state index in [1.165, 1.54) is 21.7 Å². The van der Waals surface area contributed by atoms with Crippen LogP contribution in [0.5, 0.6) is 0 Å². The predicted octanol–water partition coefficient (Wildman–Crippen LogP) is 2.28. The summed E-state index contributed by atoms with van der Waals surface area (Å²) < 4.78 is 15.3. The van der Waals surface area contributed by atoms with Gasteiger partial charge >= 0.3 is 294 Å². The first-order chi connectivity index (χ1) is 33.3. The van der Waals surface area contributed by atoms with Crippen LogP contribution in [0.2, 0.25) is 0 Å². The van der Waals surface area contributed by atoms with Gasteiger partial charge in [0.05, 0.1) is 11.2 Å². The van der Waals surface area contributed by atoms with Gasteiger partial charge < -0.3 is 42.4 Å². The number of hydrogen-bond acceptors (Lipinski definition) is 6. The van der Waals surface area contributed by atoms with E-state index in [1.807, 2.05) is 0 Å². The Morgan fingerprint density at radius 1 is 0.472 bits per heavy atom. The van der Waals surface area contributed by atoms with E-state index >= 15 is 0 Å². The van der Waals surface area contributed by atoms with Crippen molar-refractivity contribution >= 4 is 113 Å². The second kappa shape index (κ2) is 28.5. The fraction of sp³-hybridized carbons (Fsp3) is 0.356. The summed E-state index contributed by atoms with van der Waals surface area (Å²) in [5.74, 6) is -0.133. The summed E-state index contributed by atoms with van der Waals surface area (Å²) in [6, 6.07) is 65.8. The molecule has 4 unspecified atom stereocenters. The summed E-state index contributed by atoms with van der Waals surface area (Å²) in [5, 5.41) is 42.8. The average Bonchev–Trinajstić information content (AvgIpc) is 3.33. The summed E-state index contributed by atoms with van der Waals surface area (Å²) in [6.45, 7) is 0. The van der Waals surface area contributed by atoms with Crippen molar-refractivity contribution in [3.05, 3.63) is 182 Å². The van der Waals surface area contributed by atoms with Crippen LogP contribution < -0.4 is 44.3 Å². The number of benzene rings is 6. The molecule has 8 saturated carbocycles. The van der Waals surface area contributed by atoms with Gasteiger partial charge in [0.2, 0.25) is 0 Å². The SMILES string of the molecule is C.Cl.O=C([O-])C12CC3CC(CC(O)(C3)C1)C2.O=C([O-])C12CC3CC(CC(O)(C3)C1)C2.[3H]P=[Te].[Ag+].[Cl-].c1ccc([TeH](c2ccccc2)c2ccccc2)cc1.c1ccc([TeH](c2ccccc2)c2ccccc2)cc1. The minimum absolute atomic E-state index is 0. The Labute approximate surface area is 485 Å². The van der Waals surface area contributed by atoms with E-state index < -0.39 is 73.1 Å². The van der Waals surface area contributed by atoms with Crippen LogP contribution in [0.3, 0.4) is 0 Å². The zero-order valence-electron chi connectivity index (χ0n) is 40.5. The molecule has 0 aliphatic heterocycles. The third-order valence-corrected chi connectivity index (χ3v) is 29.0. The van der Waals surface area contributed by atoms with E-state index in [2.05, 4.69) is 182 Å². The third-order valence-electron chi connectivity index (χ3n) is 15.0. The van der Waals surface area contributed by atoms with E-state index in [1.54, 1.807) is 21.2 Å². The van der Waals surface area contributed by atoms with Crippen molar-refractivity contribution < 1.29 is 64.8 Å². The monoisotopic (exact) mass is 1470 g/mol. The van der Waals surface area contributed by atoms with Gasteiger partial charge in [-0.05, 0) is 101 Å². The molecule has 13 heteroatoms. The molecule has 0 spiro atoms. The molecular weight excluding hydrogens is 1400 g/mol. The normalized spacial score (nSPS) is 27.5. The van der Waals surface area contributed by atoms with Crippen LogP contribution >= 0.6 is 18.8 Å². The van der Waals surface area contributed by atoms with Gasteiger partial charge in [0, 0.05) is 22.8 Å². The van der Waals surface area contributed by atoms with Crippen molar-refractivity contribution in [2.45, 2.75) is 95.7 Å². The maximum absolute atomic E-state index is 11.2. The van der Waals surface area contributed by atoms with Crippen molar-refractivity contribution in [1.29, 1.82) is 1.28 Å². The molecule has 0 amide bonds. The molecule has 4 atom stereocenters. The van der Waals surface area contributed by atoms with Gasteiger partial charge in [0.1, 0.15) is 0 Å². The molecule has 8 bridgehead atoms. The first-order valence-corrected chi connectivity index (χ1v) is 35.0. The van der Waals surface area contributed by atoms with Gasteiger partial charge in [-0.15, -0.1) is 12.4 Å². The molecular formula is C59H68AgCl2O6PTe3-2. The summed E-state index contributed by atoms with van der Waals surface area (Å²) in [7, 11) is 0. The molecule has 0 aromatic heterocycles. The zero-order valence-corrected chi connectivity index (χ0v) is 50.9. The summed E-state index contributed by atoms with van der Waals surface area (Å²) in [6.07, 6.45) is 10.0. The predicted molar refractivity (Wildman–Crippen MR) is 293 cm³/mol. The molecule has 14 rings (SSSR count). The molecule has 6 nitrogen and oxygen atoms in total. The number of aliphatic carboxylic acids is 2. The van der Waals surface area contributed by atoms with Crippen molar-refractivity contribution in [1.82, 2.24) is 0 Å². The average molecular weight is 1470 g/mol. The first kappa shape index (κ1) is 61.0. The molecule has 8 aliphatic carbocycles. The van der Waals surface area contributed by atoms with Crippen molar-refractivity contribution in [2.24, 2.45) is 34.5 Å². The molecule has 390 valence electrons. The van der Waals surface area contributed by atoms with Crippen molar-refractivity contribution in [2.75, 3.05) is 0 Å². The van der Waals surface area contributed by atoms with Crippen LogP contribution in [-0.2, 0) is 32.0 Å². The maximum atomic E-state index is 11.2. The third kappa shape index (κ3) is 15.2. The number of carbonyl (C=O) groups excluding carboxylic acids is 2. The molecule has 72 heavy (non-hydrogen) atoms. The molecule has 8 fully saturated rings. The van der Waals surface area contributed by atoms with Gasteiger partial charge in [0.25, 0.3) is 0 Å². The van der Waals surface area contributed by atoms with Crippen LogP contribution in [0.4, 0.5) is 0 Å². The Morgan fingerprint density at radius 3 is 0.806 bits per heavy atom. The quantitative estimate of drug-likeness (QED) is 0.179. The first-order valence-electron chi connectivity index (χ1n) is 24.3. The second-order valence-electron chi connectivity index (χ2n) is 20.2. The van der Waals surface area contributed by atoms with E-state index in [0.29, 0.717) is 42.9 Å². The van der Waals surface area contributed by atoms with Crippen LogP contribution in [0.15, 0.2) is 182 Å². The fourth-order valence-electron chi connectivity index (χ4n) is 13.3. The number of halogens is 2. The minimum atomic E-state index is -1.83. The number of carboxylic acid groups (broad SMARTS) is 2. The zero-order chi connectivity index (χ0) is 48.5. The van der Waals surface area contributed by atoms with E-state index in [0.717, 1.165) is 64.2 Å². The van der Waals surface area contributed by atoms with Crippen LogP contribution in [0, 0.1) is 34.5 Å². The van der Waals surface area contributed by atoms with E-state index in [-0.39, 0.29) is 54.6 Å². The summed E-state index contributed by atoms with van der Waals surface area (Å²) >= 11 is -1.94. The molecule has 2 N–H and O–H groups in total. The topological polar surface area (TPSA) is 121 Å². The Morgan fingerprint density at radius 2 is 0.653 bits per heavy atom. The van der Waals surface area contributed by atoms with E-state index in [4.69, 9.17) is 1.28 Å². The number of carboxylic acids is 2. The van der Waals surface area contributed by atoms with Gasteiger partial charge in [-0.1, -0.05) is 7.43 Å². The van der Waals surface area contributed by atoms with Crippen LogP contribution in [0.1, 0.15) is 84.5 Å². The Bertz CT molecular complexity index is 2220. The Kier molecular flexibility index (Phi) is 24.2. The van der Waals surface area contributed by atoms with Gasteiger partial charge in [-0.3, -0.25) is 0 Å². The standard InChI is InChI=1S/2C18H16Te.2C11H16O3.CH4.Ag.2ClH.HPTe/c2*1-4-10-16(11-5-1)19(17-12-6-2-7-13-17)18-14-8-3-9-15-18;2*12-9(13)10-2-7-1-8(3-10)5-11(14,4-7)6-10;;;;;1-2/h2*1-15,19H;2*7-8,14H,1-6H2,(H,12,13);1H4;;2*1H;1H/q;;;;;+1;;;/p-3/i;;;;;;;;1T. The summed E-state index contributed by atoms with van der Waals surface area (Å²) in [4.78, 5) is 22.3. The van der Waals surface area contributed by atoms with Crippen LogP contribution in [0.25, 0.3) is 0 Å². The van der Waals surface area contributed by atoms with Crippen LogP contribution in [-0.4, -0.2) is 95.0 Å². The van der Waals surface area contributed by atoms with Gasteiger partial charge in [0.15, 0.2) is 0 Å². The number of aliphatic hydroxyl groups is 2. The summed E-state index contributed by atoms with van der Waals surface area (Å²) in [5.41, 5.74) is -2.72. The van der Waals surface area contributed by atoms with Gasteiger partial charge in [-0.25, -0.2) is 0 Å². The second-order valence-corrected chi connectivity index (χ2v) is 32.9. The number of carbonyl (C=O) groups is 2. The molecule has 6 aromatic carbocycles. The fourth-order valence-corrected chi connectivity index (χ4v) is 26.4. The van der Waals surface area contributed by atoms with Gasteiger partial charge in [-0.2, -0.15) is 0 Å². The van der Waals surface area contributed by atoms with Crippen molar-refractivity contribution in [3.63, 3.8) is 0 Å². The Balaban J connectivity index is 0.000000205. The van der Waals surface area contributed by atoms with Crippen molar-refractivity contribution in [3.8, 4) is 0 Å². The van der Waals surface area contributed by atoms with E-state index in [9.17, 15) is 30.0 Å².